The Morgan fingerprint density at radius 1 is 1.58 bits per heavy atom. The van der Waals surface area contributed by atoms with Crippen LogP contribution in [0.3, 0.4) is 0 Å². The summed E-state index contributed by atoms with van der Waals surface area (Å²) in [6.45, 7) is 3.64. The van der Waals surface area contributed by atoms with Gasteiger partial charge in [0.15, 0.2) is 5.13 Å². The number of nitrogens with two attached hydrogens (primary N) is 1. The Morgan fingerprint density at radius 3 is 3.11 bits per heavy atom. The van der Waals surface area contributed by atoms with Gasteiger partial charge in [0.1, 0.15) is 10.7 Å². The summed E-state index contributed by atoms with van der Waals surface area (Å²) >= 11 is 3.25. The van der Waals surface area contributed by atoms with Gasteiger partial charge in [0.2, 0.25) is 0 Å². The Kier molecular flexibility index (Phi) is 5.33. The van der Waals surface area contributed by atoms with Crippen LogP contribution in [0.2, 0.25) is 0 Å². The zero-order chi connectivity index (χ0) is 13.7. The van der Waals surface area contributed by atoms with Crippen molar-refractivity contribution < 1.29 is 4.79 Å². The number of thiazole rings is 1. The molecule has 1 atom stereocenters. The molecule has 1 saturated heterocycles. The Hall–Kier alpha value is -0.950. The van der Waals surface area contributed by atoms with Crippen LogP contribution in [0.25, 0.3) is 0 Å². The summed E-state index contributed by atoms with van der Waals surface area (Å²) in [6, 6.07) is 0. The highest BCUT2D eigenvalue weighted by atomic mass is 32.2. The smallest absolute Gasteiger partial charge is 0.265 e. The summed E-state index contributed by atoms with van der Waals surface area (Å²) in [4.78, 5) is 16.7. The standard InChI is InChI=1S/C12H20N4OS2/c1-2-5-14-12-16-10(13)9(19-12)11(17)15-7-8-4-3-6-18-8/h8H,2-7,13H2,1H3,(H,14,16)(H,15,17). The number of rotatable bonds is 6. The second kappa shape index (κ2) is 7.00. The number of carbonyl (C=O) groups is 1. The van der Waals surface area contributed by atoms with Crippen LogP contribution in [0.15, 0.2) is 0 Å². The number of nitrogens with zero attached hydrogens (tertiary/aromatic N) is 1. The molecule has 0 radical (unpaired) electrons. The first-order chi connectivity index (χ1) is 9.20. The van der Waals surface area contributed by atoms with Crippen molar-refractivity contribution in [3.63, 3.8) is 0 Å². The normalized spacial score (nSPS) is 18.5. The van der Waals surface area contributed by atoms with Gasteiger partial charge in [0.05, 0.1) is 0 Å². The molecule has 2 heterocycles. The van der Waals surface area contributed by atoms with Gasteiger partial charge in [0.25, 0.3) is 5.91 Å². The van der Waals surface area contributed by atoms with E-state index >= 15 is 0 Å². The highest BCUT2D eigenvalue weighted by Gasteiger charge is 2.19. The molecular formula is C12H20N4OS2. The van der Waals surface area contributed by atoms with E-state index in [9.17, 15) is 4.79 Å². The summed E-state index contributed by atoms with van der Waals surface area (Å²) in [5.74, 6) is 1.42. The lowest BCUT2D eigenvalue weighted by atomic mass is 10.2. The van der Waals surface area contributed by atoms with E-state index < -0.39 is 0 Å². The maximum absolute atomic E-state index is 12.1. The molecule has 1 amide bonds. The van der Waals surface area contributed by atoms with Crippen molar-refractivity contribution in [2.75, 3.05) is 29.9 Å². The molecule has 1 aromatic rings. The van der Waals surface area contributed by atoms with Gasteiger partial charge in [-0.3, -0.25) is 4.79 Å². The van der Waals surface area contributed by atoms with E-state index in [4.69, 9.17) is 5.73 Å². The lowest BCUT2D eigenvalue weighted by molar-refractivity contribution is 0.0958. The molecule has 0 bridgehead atoms. The van der Waals surface area contributed by atoms with Crippen LogP contribution in [-0.4, -0.2) is 35.0 Å². The molecule has 106 valence electrons. The van der Waals surface area contributed by atoms with Crippen LogP contribution in [0.4, 0.5) is 10.9 Å². The molecule has 1 aromatic heterocycles. The van der Waals surface area contributed by atoms with E-state index in [1.54, 1.807) is 0 Å². The Labute approximate surface area is 121 Å². The molecule has 0 aromatic carbocycles. The van der Waals surface area contributed by atoms with Crippen LogP contribution >= 0.6 is 23.1 Å². The van der Waals surface area contributed by atoms with E-state index in [0.29, 0.717) is 15.9 Å². The first-order valence-corrected chi connectivity index (χ1v) is 8.47. The Morgan fingerprint density at radius 2 is 2.42 bits per heavy atom. The second-order valence-corrected chi connectivity index (χ2v) is 6.91. The van der Waals surface area contributed by atoms with E-state index in [-0.39, 0.29) is 5.91 Å². The van der Waals surface area contributed by atoms with Crippen molar-refractivity contribution in [2.24, 2.45) is 0 Å². The molecule has 19 heavy (non-hydrogen) atoms. The monoisotopic (exact) mass is 300 g/mol. The molecule has 1 aliphatic heterocycles. The number of carbonyl (C=O) groups excluding carboxylic acids is 1. The summed E-state index contributed by atoms with van der Waals surface area (Å²) in [5, 5.41) is 7.38. The number of nitrogen functional groups attached to an aromatic ring is 1. The number of amides is 1. The van der Waals surface area contributed by atoms with Gasteiger partial charge in [-0.1, -0.05) is 18.3 Å². The van der Waals surface area contributed by atoms with Crippen molar-refractivity contribution in [2.45, 2.75) is 31.4 Å². The average molecular weight is 300 g/mol. The van der Waals surface area contributed by atoms with Gasteiger partial charge in [-0.05, 0) is 25.0 Å². The van der Waals surface area contributed by atoms with Crippen molar-refractivity contribution >= 4 is 40.0 Å². The highest BCUT2D eigenvalue weighted by Crippen LogP contribution is 2.27. The zero-order valence-electron chi connectivity index (χ0n) is 11.1. The third-order valence-electron chi connectivity index (χ3n) is 2.90. The first kappa shape index (κ1) is 14.5. The van der Waals surface area contributed by atoms with Gasteiger partial charge in [-0.25, -0.2) is 4.98 Å². The van der Waals surface area contributed by atoms with Crippen LogP contribution in [0.1, 0.15) is 35.9 Å². The summed E-state index contributed by atoms with van der Waals surface area (Å²) in [5.41, 5.74) is 5.79. The van der Waals surface area contributed by atoms with Gasteiger partial charge in [-0.2, -0.15) is 11.8 Å². The summed E-state index contributed by atoms with van der Waals surface area (Å²) in [7, 11) is 0. The number of nitrogens with one attached hydrogen (secondary N) is 2. The number of anilines is 2. The summed E-state index contributed by atoms with van der Waals surface area (Å²) in [6.07, 6.45) is 3.45. The minimum atomic E-state index is -0.105. The number of thioether (sulfide) groups is 1. The number of hydrogen-bond acceptors (Lipinski definition) is 6. The molecule has 0 saturated carbocycles. The topological polar surface area (TPSA) is 80.0 Å². The lowest BCUT2D eigenvalue weighted by Crippen LogP contribution is -2.29. The largest absolute Gasteiger partial charge is 0.382 e. The van der Waals surface area contributed by atoms with Gasteiger partial charge >= 0.3 is 0 Å². The fourth-order valence-electron chi connectivity index (χ4n) is 1.89. The molecule has 5 nitrogen and oxygen atoms in total. The van der Waals surface area contributed by atoms with Gasteiger partial charge in [0, 0.05) is 18.3 Å². The van der Waals surface area contributed by atoms with Crippen molar-refractivity contribution in [1.82, 2.24) is 10.3 Å². The number of aromatic nitrogens is 1. The predicted octanol–water partition coefficient (Wildman–Crippen LogP) is 2.17. The fraction of sp³-hybridized carbons (Fsp3) is 0.667. The molecule has 1 aliphatic rings. The van der Waals surface area contributed by atoms with E-state index in [1.807, 2.05) is 11.8 Å². The van der Waals surface area contributed by atoms with Crippen LogP contribution < -0.4 is 16.4 Å². The molecule has 0 spiro atoms. The molecular weight excluding hydrogens is 280 g/mol. The highest BCUT2D eigenvalue weighted by molar-refractivity contribution is 8.00. The van der Waals surface area contributed by atoms with Crippen LogP contribution in [0, 0.1) is 0 Å². The molecule has 1 fully saturated rings. The Balaban J connectivity index is 1.88. The van der Waals surface area contributed by atoms with E-state index in [2.05, 4.69) is 22.5 Å². The third-order valence-corrected chi connectivity index (χ3v) is 5.33. The van der Waals surface area contributed by atoms with Crippen molar-refractivity contribution in [1.29, 1.82) is 0 Å². The molecule has 0 aliphatic carbocycles. The molecule has 4 N–H and O–H groups in total. The average Bonchev–Trinajstić information content (AvgIpc) is 3.03. The lowest BCUT2D eigenvalue weighted by Gasteiger charge is -2.09. The Bertz CT molecular complexity index is 429. The molecule has 7 heteroatoms. The van der Waals surface area contributed by atoms with E-state index in [1.165, 1.54) is 29.9 Å². The van der Waals surface area contributed by atoms with Crippen LogP contribution in [-0.2, 0) is 0 Å². The zero-order valence-corrected chi connectivity index (χ0v) is 12.7. The minimum absolute atomic E-state index is 0.105. The summed E-state index contributed by atoms with van der Waals surface area (Å²) < 4.78 is 0. The SMILES string of the molecule is CCCNc1nc(N)c(C(=O)NCC2CCCS2)s1. The quantitative estimate of drug-likeness (QED) is 0.750. The van der Waals surface area contributed by atoms with Crippen LogP contribution in [0.5, 0.6) is 0 Å². The number of hydrogen-bond donors (Lipinski definition) is 3. The second-order valence-electron chi connectivity index (χ2n) is 4.51. The van der Waals surface area contributed by atoms with Crippen molar-refractivity contribution in [3.8, 4) is 0 Å². The minimum Gasteiger partial charge on any atom is -0.382 e. The van der Waals surface area contributed by atoms with Gasteiger partial charge < -0.3 is 16.4 Å². The first-order valence-electron chi connectivity index (χ1n) is 6.60. The molecule has 1 unspecified atom stereocenters. The fourth-order valence-corrected chi connectivity index (χ4v) is 3.92. The maximum atomic E-state index is 12.1. The van der Waals surface area contributed by atoms with E-state index in [0.717, 1.165) is 24.6 Å². The maximum Gasteiger partial charge on any atom is 0.265 e. The predicted molar refractivity (Wildman–Crippen MR) is 83.1 cm³/mol. The van der Waals surface area contributed by atoms with Crippen molar-refractivity contribution in [3.05, 3.63) is 4.88 Å². The third kappa shape index (κ3) is 4.01. The van der Waals surface area contributed by atoms with Gasteiger partial charge in [-0.15, -0.1) is 0 Å². The molecule has 2 rings (SSSR count).